The normalized spacial score (nSPS) is 21.5. The maximum Gasteiger partial charge on any atom is 0.104 e. The lowest BCUT2D eigenvalue weighted by molar-refractivity contribution is -0.0404. The Bertz CT molecular complexity index is 109. The molecule has 0 aliphatic carbocycles. The van der Waals surface area contributed by atoms with Crippen LogP contribution in [0.4, 0.5) is 0 Å². The highest BCUT2D eigenvalue weighted by atomic mass is 35.5. The molecule has 0 spiro atoms. The highest BCUT2D eigenvalue weighted by Gasteiger charge is 2.29. The minimum Gasteiger partial charge on any atom is -0.394 e. The number of aliphatic hydroxyl groups is 5. The summed E-state index contributed by atoms with van der Waals surface area (Å²) in [6, 6.07) is 0. The van der Waals surface area contributed by atoms with Gasteiger partial charge in [-0.2, -0.15) is 0 Å². The van der Waals surface area contributed by atoms with Crippen LogP contribution in [0.25, 0.3) is 0 Å². The van der Waals surface area contributed by atoms with Crippen LogP contribution in [-0.4, -0.2) is 62.4 Å². The molecule has 0 bridgehead atoms. The van der Waals surface area contributed by atoms with E-state index in [-0.39, 0.29) is 0 Å². The lowest BCUT2D eigenvalue weighted by atomic mass is 10.1. The topological polar surface area (TPSA) is 101 Å². The lowest BCUT2D eigenvalue weighted by Crippen LogP contribution is -2.43. The number of aliphatic hydroxyl groups excluding tert-OH is 5. The van der Waals surface area contributed by atoms with Gasteiger partial charge in [-0.3, -0.25) is 0 Å². The Kier molecular flexibility index (Phi) is 5.73. The van der Waals surface area contributed by atoms with Crippen LogP contribution < -0.4 is 0 Å². The number of rotatable bonds is 5. The van der Waals surface area contributed by atoms with Crippen molar-refractivity contribution in [1.82, 2.24) is 0 Å². The third-order valence-corrected chi connectivity index (χ3v) is 2.01. The van der Waals surface area contributed by atoms with E-state index >= 15 is 0 Å². The molecule has 0 aromatic rings. The fourth-order valence-electron chi connectivity index (χ4n) is 0.649. The second-order valence-corrected chi connectivity index (χ2v) is 2.94. The van der Waals surface area contributed by atoms with Gasteiger partial charge in [0.2, 0.25) is 0 Å². The zero-order valence-corrected chi connectivity index (χ0v) is 7.09. The van der Waals surface area contributed by atoms with Crippen molar-refractivity contribution in [2.24, 2.45) is 0 Å². The monoisotopic (exact) mass is 200 g/mol. The molecule has 0 unspecified atom stereocenters. The molecule has 0 aromatic heterocycles. The standard InChI is InChI=1S/C6H13ClO5/c7-5(3(10)1-8)6(12)4(11)2-9/h3-6,8-12H,1-2H2/t3-,4+,5+,6-/m1/s1. The summed E-state index contributed by atoms with van der Waals surface area (Å²) >= 11 is 5.42. The summed E-state index contributed by atoms with van der Waals surface area (Å²) in [5.74, 6) is 0. The molecule has 0 fully saturated rings. The number of alkyl halides is 1. The molecule has 5 nitrogen and oxygen atoms in total. The summed E-state index contributed by atoms with van der Waals surface area (Å²) in [6.07, 6.45) is -4.18. The van der Waals surface area contributed by atoms with E-state index in [2.05, 4.69) is 0 Å². The summed E-state index contributed by atoms with van der Waals surface area (Å²) in [4.78, 5) is 0. The van der Waals surface area contributed by atoms with Crippen molar-refractivity contribution in [3.63, 3.8) is 0 Å². The first kappa shape index (κ1) is 12.1. The van der Waals surface area contributed by atoms with Gasteiger partial charge in [0.1, 0.15) is 12.2 Å². The fraction of sp³-hybridized carbons (Fsp3) is 1.00. The number of hydrogen-bond acceptors (Lipinski definition) is 5. The van der Waals surface area contributed by atoms with E-state index in [0.717, 1.165) is 0 Å². The molecule has 74 valence electrons. The Hall–Kier alpha value is 0.0900. The zero-order valence-electron chi connectivity index (χ0n) is 6.34. The van der Waals surface area contributed by atoms with Gasteiger partial charge in [0.25, 0.3) is 0 Å². The Morgan fingerprint density at radius 2 is 1.33 bits per heavy atom. The van der Waals surface area contributed by atoms with Gasteiger partial charge in [-0.15, -0.1) is 11.6 Å². The Balaban J connectivity index is 3.99. The summed E-state index contributed by atoms with van der Waals surface area (Å²) in [5, 5.41) is 42.5. The van der Waals surface area contributed by atoms with Gasteiger partial charge in [0.05, 0.1) is 24.7 Å². The third-order valence-electron chi connectivity index (χ3n) is 1.46. The van der Waals surface area contributed by atoms with Gasteiger partial charge < -0.3 is 25.5 Å². The van der Waals surface area contributed by atoms with Crippen LogP contribution in [0.1, 0.15) is 0 Å². The van der Waals surface area contributed by atoms with Crippen LogP contribution in [0.2, 0.25) is 0 Å². The largest absolute Gasteiger partial charge is 0.394 e. The molecule has 0 heterocycles. The van der Waals surface area contributed by atoms with E-state index in [9.17, 15) is 0 Å². The van der Waals surface area contributed by atoms with E-state index < -0.39 is 36.9 Å². The van der Waals surface area contributed by atoms with Crippen LogP contribution in [0, 0.1) is 0 Å². The second-order valence-electron chi connectivity index (χ2n) is 2.43. The first-order valence-corrected chi connectivity index (χ1v) is 3.88. The molecule has 5 N–H and O–H groups in total. The molecule has 0 amide bonds. The number of halogens is 1. The van der Waals surface area contributed by atoms with E-state index in [1.54, 1.807) is 0 Å². The van der Waals surface area contributed by atoms with E-state index in [1.165, 1.54) is 0 Å². The second kappa shape index (κ2) is 5.69. The van der Waals surface area contributed by atoms with Crippen molar-refractivity contribution in [3.8, 4) is 0 Å². The maximum atomic E-state index is 9.07. The Labute approximate surface area is 74.8 Å². The van der Waals surface area contributed by atoms with Crippen molar-refractivity contribution in [2.45, 2.75) is 23.7 Å². The van der Waals surface area contributed by atoms with Crippen LogP contribution in [0.3, 0.4) is 0 Å². The summed E-state index contributed by atoms with van der Waals surface area (Å²) in [7, 11) is 0. The third kappa shape index (κ3) is 3.22. The Morgan fingerprint density at radius 1 is 0.917 bits per heavy atom. The lowest BCUT2D eigenvalue weighted by Gasteiger charge is -2.23. The highest BCUT2D eigenvalue weighted by Crippen LogP contribution is 2.11. The molecule has 0 saturated carbocycles. The van der Waals surface area contributed by atoms with Crippen LogP contribution in [0.15, 0.2) is 0 Å². The molecule has 0 aliphatic heterocycles. The molecule has 0 radical (unpaired) electrons. The van der Waals surface area contributed by atoms with Crippen LogP contribution >= 0.6 is 11.6 Å². The molecule has 0 aromatic carbocycles. The first-order valence-electron chi connectivity index (χ1n) is 3.44. The van der Waals surface area contributed by atoms with Crippen molar-refractivity contribution < 1.29 is 25.5 Å². The van der Waals surface area contributed by atoms with Gasteiger partial charge in [-0.05, 0) is 0 Å². The average Bonchev–Trinajstić information content (AvgIpc) is 2.12. The fourth-order valence-corrected chi connectivity index (χ4v) is 0.896. The molecule has 0 aliphatic rings. The predicted molar refractivity (Wildman–Crippen MR) is 41.8 cm³/mol. The SMILES string of the molecule is OC[C@@H](O)[C@H](Cl)[C@H](O)[C@@H](O)CO. The molecule has 6 heteroatoms. The molecule has 12 heavy (non-hydrogen) atoms. The highest BCUT2D eigenvalue weighted by molar-refractivity contribution is 6.21. The van der Waals surface area contributed by atoms with Crippen molar-refractivity contribution in [1.29, 1.82) is 0 Å². The van der Waals surface area contributed by atoms with Gasteiger partial charge >= 0.3 is 0 Å². The van der Waals surface area contributed by atoms with Crippen molar-refractivity contribution in [2.75, 3.05) is 13.2 Å². The minimum atomic E-state index is -1.46. The van der Waals surface area contributed by atoms with E-state index in [1.807, 2.05) is 0 Å². The average molecular weight is 201 g/mol. The predicted octanol–water partition coefficient (Wildman–Crippen LogP) is -2.34. The van der Waals surface area contributed by atoms with Gasteiger partial charge in [0.15, 0.2) is 0 Å². The minimum absolute atomic E-state index is 0.608. The van der Waals surface area contributed by atoms with Gasteiger partial charge in [-0.1, -0.05) is 0 Å². The molecular formula is C6H13ClO5. The zero-order chi connectivity index (χ0) is 9.72. The van der Waals surface area contributed by atoms with Gasteiger partial charge in [-0.25, -0.2) is 0 Å². The summed E-state index contributed by atoms with van der Waals surface area (Å²) in [6.45, 7) is -1.26. The molecule has 4 atom stereocenters. The van der Waals surface area contributed by atoms with Crippen molar-refractivity contribution in [3.05, 3.63) is 0 Å². The molecular weight excluding hydrogens is 188 g/mol. The summed E-state index contributed by atoms with van der Waals surface area (Å²) in [5.41, 5.74) is 0. The quantitative estimate of drug-likeness (QED) is 0.320. The smallest absolute Gasteiger partial charge is 0.104 e. The maximum absolute atomic E-state index is 9.07. The van der Waals surface area contributed by atoms with Gasteiger partial charge in [0, 0.05) is 0 Å². The summed E-state index contributed by atoms with van der Waals surface area (Å²) < 4.78 is 0. The van der Waals surface area contributed by atoms with Crippen LogP contribution in [-0.2, 0) is 0 Å². The van der Waals surface area contributed by atoms with Crippen LogP contribution in [0.5, 0.6) is 0 Å². The van der Waals surface area contributed by atoms with E-state index in [4.69, 9.17) is 37.1 Å². The molecule has 0 rings (SSSR count). The number of hydrogen-bond donors (Lipinski definition) is 5. The first-order chi connectivity index (χ1) is 5.54. The molecule has 0 saturated heterocycles. The van der Waals surface area contributed by atoms with E-state index in [0.29, 0.717) is 0 Å². The van der Waals surface area contributed by atoms with Crippen molar-refractivity contribution >= 4 is 11.6 Å². The Morgan fingerprint density at radius 3 is 1.67 bits per heavy atom.